The molecule has 0 spiro atoms. The smallest absolute Gasteiger partial charge is 0.257 e. The molecule has 2 aromatic rings. The lowest BCUT2D eigenvalue weighted by Crippen LogP contribution is -2.36. The zero-order valence-electron chi connectivity index (χ0n) is 15.0. The number of amides is 2. The Morgan fingerprint density at radius 1 is 1.25 bits per heavy atom. The van der Waals surface area contributed by atoms with E-state index in [1.165, 1.54) is 12.1 Å². The predicted molar refractivity (Wildman–Crippen MR) is 101 cm³/mol. The largest absolute Gasteiger partial charge is 0.484 e. The molecule has 150 valence electrons. The third kappa shape index (κ3) is 7.89. The molecule has 0 fully saturated rings. The first-order chi connectivity index (χ1) is 13.4. The van der Waals surface area contributed by atoms with E-state index in [-0.39, 0.29) is 49.2 Å². The summed E-state index contributed by atoms with van der Waals surface area (Å²) in [7, 11) is 0. The molecule has 2 amide bonds. The summed E-state index contributed by atoms with van der Waals surface area (Å²) < 4.78 is 18.4. The molecule has 9 heteroatoms. The van der Waals surface area contributed by atoms with Crippen molar-refractivity contribution in [3.05, 3.63) is 59.1 Å². The SMILES string of the molecule is O=C(COc1ccc(Cl)c(F)c1)NCCC(O)CNC(=O)Cc1cccnc1. The van der Waals surface area contributed by atoms with E-state index < -0.39 is 17.8 Å². The molecule has 0 saturated carbocycles. The molecule has 1 aromatic carbocycles. The molecule has 28 heavy (non-hydrogen) atoms. The Kier molecular flexibility index (Phi) is 8.64. The summed E-state index contributed by atoms with van der Waals surface area (Å²) in [6.45, 7) is -0.00858. The van der Waals surface area contributed by atoms with Gasteiger partial charge in [-0.3, -0.25) is 14.6 Å². The molecule has 1 unspecified atom stereocenters. The van der Waals surface area contributed by atoms with E-state index in [1.807, 2.05) is 0 Å². The second-order valence-electron chi connectivity index (χ2n) is 6.00. The third-order valence-corrected chi connectivity index (χ3v) is 3.99. The van der Waals surface area contributed by atoms with Crippen LogP contribution in [0.15, 0.2) is 42.7 Å². The molecule has 0 aliphatic carbocycles. The predicted octanol–water partition coefficient (Wildman–Crippen LogP) is 1.48. The van der Waals surface area contributed by atoms with Gasteiger partial charge in [0.1, 0.15) is 11.6 Å². The number of carbonyl (C=O) groups is 2. The number of nitrogens with one attached hydrogen (secondary N) is 2. The number of rotatable bonds is 10. The first-order valence-electron chi connectivity index (χ1n) is 8.62. The van der Waals surface area contributed by atoms with Crippen LogP contribution in [0.4, 0.5) is 4.39 Å². The number of carbonyl (C=O) groups excluding carboxylic acids is 2. The molecule has 0 aliphatic rings. The normalized spacial score (nSPS) is 11.5. The van der Waals surface area contributed by atoms with Crippen LogP contribution < -0.4 is 15.4 Å². The molecule has 7 nitrogen and oxygen atoms in total. The number of hydrogen-bond donors (Lipinski definition) is 3. The fourth-order valence-electron chi connectivity index (χ4n) is 2.23. The fourth-order valence-corrected chi connectivity index (χ4v) is 2.35. The van der Waals surface area contributed by atoms with Crippen molar-refractivity contribution in [2.24, 2.45) is 0 Å². The highest BCUT2D eigenvalue weighted by molar-refractivity contribution is 6.30. The van der Waals surface area contributed by atoms with Crippen LogP contribution in [0.25, 0.3) is 0 Å². The van der Waals surface area contributed by atoms with Gasteiger partial charge < -0.3 is 20.5 Å². The van der Waals surface area contributed by atoms with Crippen molar-refractivity contribution in [3.63, 3.8) is 0 Å². The van der Waals surface area contributed by atoms with Crippen LogP contribution in [-0.2, 0) is 16.0 Å². The number of aliphatic hydroxyl groups excluding tert-OH is 1. The van der Waals surface area contributed by atoms with Gasteiger partial charge in [-0.05, 0) is 30.2 Å². The maximum absolute atomic E-state index is 13.3. The van der Waals surface area contributed by atoms with Gasteiger partial charge in [0, 0.05) is 31.5 Å². The first-order valence-corrected chi connectivity index (χ1v) is 9.00. The number of nitrogens with zero attached hydrogens (tertiary/aromatic N) is 1. The van der Waals surface area contributed by atoms with Crippen molar-refractivity contribution in [2.75, 3.05) is 19.7 Å². The lowest BCUT2D eigenvalue weighted by molar-refractivity contribution is -0.123. The molecule has 0 radical (unpaired) electrons. The monoisotopic (exact) mass is 409 g/mol. The van der Waals surface area contributed by atoms with Crippen LogP contribution in [-0.4, -0.2) is 47.7 Å². The molecule has 1 heterocycles. The van der Waals surface area contributed by atoms with Gasteiger partial charge in [-0.15, -0.1) is 0 Å². The average molecular weight is 410 g/mol. The zero-order valence-corrected chi connectivity index (χ0v) is 15.8. The second-order valence-corrected chi connectivity index (χ2v) is 6.41. The molecular weight excluding hydrogens is 389 g/mol. The minimum absolute atomic E-state index is 0.0293. The van der Waals surface area contributed by atoms with Crippen molar-refractivity contribution in [2.45, 2.75) is 18.9 Å². The Morgan fingerprint density at radius 3 is 2.79 bits per heavy atom. The highest BCUT2D eigenvalue weighted by Gasteiger charge is 2.10. The lowest BCUT2D eigenvalue weighted by atomic mass is 10.2. The Morgan fingerprint density at radius 2 is 2.07 bits per heavy atom. The number of halogens is 2. The van der Waals surface area contributed by atoms with Gasteiger partial charge in [-0.2, -0.15) is 0 Å². The number of benzene rings is 1. The van der Waals surface area contributed by atoms with Crippen LogP contribution in [0.2, 0.25) is 5.02 Å². The van der Waals surface area contributed by atoms with Crippen molar-refractivity contribution >= 4 is 23.4 Å². The maximum Gasteiger partial charge on any atom is 0.257 e. The molecule has 0 bridgehead atoms. The Labute approximate surface area is 166 Å². The Balaban J connectivity index is 1.58. The number of hydrogen-bond acceptors (Lipinski definition) is 5. The van der Waals surface area contributed by atoms with Crippen LogP contribution in [0, 0.1) is 5.82 Å². The molecule has 2 rings (SSSR count). The minimum Gasteiger partial charge on any atom is -0.484 e. The summed E-state index contributed by atoms with van der Waals surface area (Å²) >= 11 is 5.56. The quantitative estimate of drug-likeness (QED) is 0.552. The second kappa shape index (κ2) is 11.2. The molecule has 0 aliphatic heterocycles. The van der Waals surface area contributed by atoms with E-state index in [0.717, 1.165) is 11.6 Å². The molecule has 0 saturated heterocycles. The molecular formula is C19H21ClFN3O4. The van der Waals surface area contributed by atoms with Crippen LogP contribution >= 0.6 is 11.6 Å². The standard InChI is InChI=1S/C19H21ClFN3O4/c20-16-4-3-15(9-17(16)21)28-12-19(27)23-7-5-14(25)11-24-18(26)8-13-2-1-6-22-10-13/h1-4,6,9-10,14,25H,5,7-8,11-12H2,(H,23,27)(H,24,26). The van der Waals surface area contributed by atoms with Gasteiger partial charge >= 0.3 is 0 Å². The van der Waals surface area contributed by atoms with Gasteiger partial charge in [-0.1, -0.05) is 17.7 Å². The van der Waals surface area contributed by atoms with E-state index >= 15 is 0 Å². The van der Waals surface area contributed by atoms with E-state index in [9.17, 15) is 19.1 Å². The summed E-state index contributed by atoms with van der Waals surface area (Å²) in [5, 5.41) is 15.0. The summed E-state index contributed by atoms with van der Waals surface area (Å²) in [4.78, 5) is 27.4. The number of aliphatic hydroxyl groups is 1. The summed E-state index contributed by atoms with van der Waals surface area (Å²) in [6.07, 6.45) is 2.86. The highest BCUT2D eigenvalue weighted by atomic mass is 35.5. The van der Waals surface area contributed by atoms with Crippen molar-refractivity contribution < 1.29 is 23.8 Å². The number of ether oxygens (including phenoxy) is 1. The fraction of sp³-hybridized carbons (Fsp3) is 0.316. The van der Waals surface area contributed by atoms with Gasteiger partial charge in [0.2, 0.25) is 5.91 Å². The first kappa shape index (κ1) is 21.6. The number of aromatic nitrogens is 1. The molecule has 1 aromatic heterocycles. The summed E-state index contributed by atoms with van der Waals surface area (Å²) in [6, 6.07) is 7.42. The van der Waals surface area contributed by atoms with E-state index in [0.29, 0.717) is 0 Å². The van der Waals surface area contributed by atoms with E-state index in [4.69, 9.17) is 16.3 Å². The molecule has 3 N–H and O–H groups in total. The van der Waals surface area contributed by atoms with E-state index in [2.05, 4.69) is 15.6 Å². The Hall–Kier alpha value is -2.71. The van der Waals surface area contributed by atoms with Crippen molar-refractivity contribution in [1.29, 1.82) is 0 Å². The summed E-state index contributed by atoms with van der Waals surface area (Å²) in [5.74, 6) is -1.08. The topological polar surface area (TPSA) is 101 Å². The van der Waals surface area contributed by atoms with Crippen molar-refractivity contribution in [3.8, 4) is 5.75 Å². The average Bonchev–Trinajstić information content (AvgIpc) is 2.68. The van der Waals surface area contributed by atoms with Gasteiger partial charge in [0.25, 0.3) is 5.91 Å². The third-order valence-electron chi connectivity index (χ3n) is 3.68. The van der Waals surface area contributed by atoms with Gasteiger partial charge in [-0.25, -0.2) is 4.39 Å². The van der Waals surface area contributed by atoms with Crippen molar-refractivity contribution in [1.82, 2.24) is 15.6 Å². The van der Waals surface area contributed by atoms with Crippen LogP contribution in [0.1, 0.15) is 12.0 Å². The maximum atomic E-state index is 13.3. The highest BCUT2D eigenvalue weighted by Crippen LogP contribution is 2.20. The molecule has 1 atom stereocenters. The minimum atomic E-state index is -0.801. The van der Waals surface area contributed by atoms with Crippen LogP contribution in [0.3, 0.4) is 0 Å². The number of pyridine rings is 1. The summed E-state index contributed by atoms with van der Waals surface area (Å²) in [5.41, 5.74) is 0.780. The zero-order chi connectivity index (χ0) is 20.4. The van der Waals surface area contributed by atoms with Gasteiger partial charge in [0.05, 0.1) is 17.5 Å². The van der Waals surface area contributed by atoms with Gasteiger partial charge in [0.15, 0.2) is 6.61 Å². The van der Waals surface area contributed by atoms with E-state index in [1.54, 1.807) is 24.5 Å². The Bertz CT molecular complexity index is 792. The van der Waals surface area contributed by atoms with Crippen LogP contribution in [0.5, 0.6) is 5.75 Å². The lowest BCUT2D eigenvalue weighted by Gasteiger charge is -2.13.